The monoisotopic (exact) mass is 210 g/mol. The molecule has 2 aromatic rings. The molecule has 3 nitrogen and oxygen atoms in total. The third-order valence-corrected chi connectivity index (χ3v) is 2.42. The minimum atomic E-state index is -0.638. The normalized spacial score (nSPS) is 13.4. The van der Waals surface area contributed by atoms with Crippen molar-refractivity contribution in [1.82, 2.24) is 4.98 Å². The number of nitrogens with one attached hydrogen (secondary N) is 1. The molecule has 1 atom stereocenters. The lowest BCUT2D eigenvalue weighted by atomic mass is 10.2. The van der Waals surface area contributed by atoms with Crippen LogP contribution in [0.5, 0.6) is 0 Å². The molecular weight excluding hydrogens is 200 g/mol. The minimum Gasteiger partial charge on any atom is -0.386 e. The number of aliphatic hydroxyl groups is 1. The first-order valence-corrected chi connectivity index (χ1v) is 4.75. The Morgan fingerprint density at radius 1 is 1.43 bits per heavy atom. The summed E-state index contributed by atoms with van der Waals surface area (Å²) in [5.41, 5.74) is 7.04. The Morgan fingerprint density at radius 3 is 2.93 bits per heavy atom. The summed E-state index contributed by atoms with van der Waals surface area (Å²) in [6.07, 6.45) is -0.638. The topological polar surface area (TPSA) is 62.0 Å². The third-order valence-electron chi connectivity index (χ3n) is 2.19. The van der Waals surface area contributed by atoms with Crippen molar-refractivity contribution in [3.8, 4) is 0 Å². The summed E-state index contributed by atoms with van der Waals surface area (Å²) in [5, 5.41) is 11.2. The smallest absolute Gasteiger partial charge is 0.106 e. The third kappa shape index (κ3) is 1.62. The van der Waals surface area contributed by atoms with Gasteiger partial charge in [0.05, 0.1) is 0 Å². The highest BCUT2D eigenvalue weighted by atomic mass is 35.5. The van der Waals surface area contributed by atoms with Crippen molar-refractivity contribution in [2.24, 2.45) is 5.73 Å². The van der Waals surface area contributed by atoms with E-state index in [4.69, 9.17) is 17.3 Å². The van der Waals surface area contributed by atoms with Crippen LogP contribution in [0.4, 0.5) is 0 Å². The fourth-order valence-corrected chi connectivity index (χ4v) is 1.61. The molecule has 0 radical (unpaired) electrons. The maximum Gasteiger partial charge on any atom is 0.106 e. The van der Waals surface area contributed by atoms with Crippen LogP contribution >= 0.6 is 11.6 Å². The van der Waals surface area contributed by atoms with Gasteiger partial charge in [0.2, 0.25) is 0 Å². The van der Waals surface area contributed by atoms with Gasteiger partial charge >= 0.3 is 0 Å². The second-order valence-corrected chi connectivity index (χ2v) is 3.64. The van der Waals surface area contributed by atoms with Gasteiger partial charge in [-0.05, 0) is 24.3 Å². The highest BCUT2D eigenvalue weighted by Gasteiger charge is 2.08. The number of benzene rings is 1. The van der Waals surface area contributed by atoms with Crippen LogP contribution in [-0.4, -0.2) is 16.6 Å². The number of aliphatic hydroxyl groups excluding tert-OH is 1. The zero-order valence-corrected chi connectivity index (χ0v) is 8.25. The summed E-state index contributed by atoms with van der Waals surface area (Å²) >= 11 is 5.84. The van der Waals surface area contributed by atoms with Gasteiger partial charge in [-0.2, -0.15) is 0 Å². The molecule has 0 aliphatic carbocycles. The average molecular weight is 211 g/mol. The summed E-state index contributed by atoms with van der Waals surface area (Å²) in [5.74, 6) is 0. The zero-order valence-electron chi connectivity index (χ0n) is 7.50. The first-order valence-electron chi connectivity index (χ1n) is 4.37. The number of halogens is 1. The predicted molar refractivity (Wildman–Crippen MR) is 57.3 cm³/mol. The Kier molecular flexibility index (Phi) is 2.46. The maximum atomic E-state index is 9.51. The van der Waals surface area contributed by atoms with Crippen LogP contribution in [0, 0.1) is 0 Å². The first-order chi connectivity index (χ1) is 6.70. The van der Waals surface area contributed by atoms with Crippen LogP contribution in [0.1, 0.15) is 11.8 Å². The number of hydrogen-bond acceptors (Lipinski definition) is 2. The Labute approximate surface area is 86.5 Å². The lowest BCUT2D eigenvalue weighted by Crippen LogP contribution is -2.11. The minimum absolute atomic E-state index is 0.209. The van der Waals surface area contributed by atoms with E-state index in [-0.39, 0.29) is 6.54 Å². The highest BCUT2D eigenvalue weighted by molar-refractivity contribution is 6.31. The van der Waals surface area contributed by atoms with Crippen molar-refractivity contribution in [3.63, 3.8) is 0 Å². The quantitative estimate of drug-likeness (QED) is 0.708. The van der Waals surface area contributed by atoms with Crippen molar-refractivity contribution in [2.75, 3.05) is 6.54 Å². The Hall–Kier alpha value is -1.03. The fourth-order valence-electron chi connectivity index (χ4n) is 1.43. The molecule has 1 aromatic heterocycles. The van der Waals surface area contributed by atoms with Crippen LogP contribution in [0.2, 0.25) is 5.02 Å². The second kappa shape index (κ2) is 3.61. The van der Waals surface area contributed by atoms with E-state index in [1.807, 2.05) is 18.2 Å². The van der Waals surface area contributed by atoms with E-state index in [0.717, 1.165) is 16.6 Å². The number of aromatic amines is 1. The number of rotatable bonds is 2. The molecular formula is C10H11ClN2O. The van der Waals surface area contributed by atoms with Gasteiger partial charge in [-0.3, -0.25) is 0 Å². The maximum absolute atomic E-state index is 9.51. The summed E-state index contributed by atoms with van der Waals surface area (Å²) in [6, 6.07) is 7.39. The van der Waals surface area contributed by atoms with Gasteiger partial charge in [-0.25, -0.2) is 0 Å². The van der Waals surface area contributed by atoms with E-state index in [1.54, 1.807) is 6.07 Å². The van der Waals surface area contributed by atoms with Gasteiger partial charge < -0.3 is 15.8 Å². The summed E-state index contributed by atoms with van der Waals surface area (Å²) < 4.78 is 0. The molecule has 2 rings (SSSR count). The van der Waals surface area contributed by atoms with E-state index in [1.165, 1.54) is 0 Å². The molecule has 1 aromatic carbocycles. The molecule has 0 aliphatic rings. The van der Waals surface area contributed by atoms with Crippen molar-refractivity contribution in [1.29, 1.82) is 0 Å². The first kappa shape index (κ1) is 9.52. The highest BCUT2D eigenvalue weighted by Crippen LogP contribution is 2.22. The van der Waals surface area contributed by atoms with Gasteiger partial charge in [-0.15, -0.1) is 0 Å². The fraction of sp³-hybridized carbons (Fsp3) is 0.200. The molecule has 0 unspecified atom stereocenters. The molecule has 0 saturated carbocycles. The van der Waals surface area contributed by atoms with Crippen molar-refractivity contribution in [2.45, 2.75) is 6.10 Å². The van der Waals surface area contributed by atoms with E-state index < -0.39 is 6.10 Å². The SMILES string of the molecule is NC[C@@H](O)c1cc2cc(Cl)ccc2[nH]1. The second-order valence-electron chi connectivity index (χ2n) is 3.21. The van der Waals surface area contributed by atoms with E-state index in [0.29, 0.717) is 5.02 Å². The van der Waals surface area contributed by atoms with Gasteiger partial charge in [0.1, 0.15) is 6.10 Å². The van der Waals surface area contributed by atoms with Crippen LogP contribution < -0.4 is 5.73 Å². The van der Waals surface area contributed by atoms with Crippen LogP contribution in [0.25, 0.3) is 10.9 Å². The molecule has 1 heterocycles. The number of fused-ring (bicyclic) bond motifs is 1. The summed E-state index contributed by atoms with van der Waals surface area (Å²) in [4.78, 5) is 3.08. The molecule has 0 amide bonds. The van der Waals surface area contributed by atoms with Crippen molar-refractivity contribution in [3.05, 3.63) is 35.0 Å². The zero-order chi connectivity index (χ0) is 10.1. The molecule has 0 aliphatic heterocycles. The molecule has 0 spiro atoms. The predicted octanol–water partition coefficient (Wildman–Crippen LogP) is 1.81. The number of nitrogens with two attached hydrogens (primary N) is 1. The molecule has 0 bridgehead atoms. The lowest BCUT2D eigenvalue weighted by molar-refractivity contribution is 0.183. The lowest BCUT2D eigenvalue weighted by Gasteiger charge is -2.02. The summed E-state index contributed by atoms with van der Waals surface area (Å²) in [7, 11) is 0. The van der Waals surface area contributed by atoms with Crippen LogP contribution in [0.3, 0.4) is 0 Å². The Balaban J connectivity index is 2.51. The molecule has 4 N–H and O–H groups in total. The molecule has 14 heavy (non-hydrogen) atoms. The van der Waals surface area contributed by atoms with E-state index in [9.17, 15) is 5.11 Å². The molecule has 0 fully saturated rings. The number of hydrogen-bond donors (Lipinski definition) is 3. The Bertz CT molecular complexity index is 452. The van der Waals surface area contributed by atoms with Gasteiger partial charge in [0, 0.05) is 28.2 Å². The van der Waals surface area contributed by atoms with Crippen LogP contribution in [-0.2, 0) is 0 Å². The Morgan fingerprint density at radius 2 is 2.21 bits per heavy atom. The molecule has 4 heteroatoms. The standard InChI is InChI=1S/C10H11ClN2O/c11-7-1-2-8-6(3-7)4-9(13-8)10(14)5-12/h1-4,10,13-14H,5,12H2/t10-/m1/s1. The van der Waals surface area contributed by atoms with E-state index >= 15 is 0 Å². The molecule has 74 valence electrons. The largest absolute Gasteiger partial charge is 0.386 e. The average Bonchev–Trinajstić information content (AvgIpc) is 2.59. The van der Waals surface area contributed by atoms with Gasteiger partial charge in [-0.1, -0.05) is 11.6 Å². The van der Waals surface area contributed by atoms with Crippen molar-refractivity contribution >= 4 is 22.5 Å². The van der Waals surface area contributed by atoms with Gasteiger partial charge in [0.15, 0.2) is 0 Å². The van der Waals surface area contributed by atoms with Gasteiger partial charge in [0.25, 0.3) is 0 Å². The van der Waals surface area contributed by atoms with E-state index in [2.05, 4.69) is 4.98 Å². The number of aromatic nitrogens is 1. The summed E-state index contributed by atoms with van der Waals surface area (Å²) in [6.45, 7) is 0.209. The van der Waals surface area contributed by atoms with Crippen LogP contribution in [0.15, 0.2) is 24.3 Å². The van der Waals surface area contributed by atoms with Crippen molar-refractivity contribution < 1.29 is 5.11 Å². The molecule has 0 saturated heterocycles. The number of H-pyrrole nitrogens is 1.